The first-order valence-corrected chi connectivity index (χ1v) is 8.45. The third kappa shape index (κ3) is 3.35. The van der Waals surface area contributed by atoms with Gasteiger partial charge in [-0.25, -0.2) is 0 Å². The zero-order valence-corrected chi connectivity index (χ0v) is 13.8. The van der Waals surface area contributed by atoms with Gasteiger partial charge in [-0.2, -0.15) is 0 Å². The van der Waals surface area contributed by atoms with Crippen LogP contribution in [-0.2, 0) is 10.4 Å². The molecule has 1 heterocycles. The highest BCUT2D eigenvalue weighted by Gasteiger charge is 2.41. The van der Waals surface area contributed by atoms with Crippen molar-refractivity contribution < 1.29 is 9.90 Å². The van der Waals surface area contributed by atoms with Crippen LogP contribution in [0.3, 0.4) is 0 Å². The number of aliphatic hydroxyl groups is 1. The first-order valence-electron chi connectivity index (χ1n) is 8.45. The van der Waals surface area contributed by atoms with Crippen molar-refractivity contribution in [1.29, 1.82) is 0 Å². The molecular weight excluding hydrogens is 300 g/mol. The molecule has 0 saturated carbocycles. The molecule has 2 aromatic rings. The summed E-state index contributed by atoms with van der Waals surface area (Å²) in [5.41, 5.74) is 6.13. The first-order chi connectivity index (χ1) is 11.6. The van der Waals surface area contributed by atoms with Crippen LogP contribution in [0.25, 0.3) is 0 Å². The number of nitrogens with two attached hydrogens (primary N) is 1. The van der Waals surface area contributed by atoms with Crippen molar-refractivity contribution in [3.63, 3.8) is 0 Å². The second-order valence-corrected chi connectivity index (χ2v) is 6.52. The summed E-state index contributed by atoms with van der Waals surface area (Å²) in [6.45, 7) is 1.84. The molecular formula is C20H24N2O2. The molecule has 1 aliphatic heterocycles. The van der Waals surface area contributed by atoms with Crippen LogP contribution in [0.4, 0.5) is 0 Å². The van der Waals surface area contributed by atoms with Gasteiger partial charge in [-0.3, -0.25) is 9.69 Å². The summed E-state index contributed by atoms with van der Waals surface area (Å²) in [4.78, 5) is 13.2. The quantitative estimate of drug-likeness (QED) is 0.885. The maximum Gasteiger partial charge on any atom is 0.231 e. The first kappa shape index (κ1) is 16.7. The molecule has 0 unspecified atom stereocenters. The average molecular weight is 324 g/mol. The molecule has 24 heavy (non-hydrogen) atoms. The number of amides is 1. The molecule has 4 heteroatoms. The molecule has 0 aliphatic carbocycles. The van der Waals surface area contributed by atoms with Gasteiger partial charge in [0.1, 0.15) is 5.60 Å². The van der Waals surface area contributed by atoms with E-state index in [9.17, 15) is 9.90 Å². The Morgan fingerprint density at radius 1 is 1.00 bits per heavy atom. The molecule has 0 radical (unpaired) electrons. The summed E-state index contributed by atoms with van der Waals surface area (Å²) in [6, 6.07) is 19.7. The number of rotatable bonds is 5. The second kappa shape index (κ2) is 7.16. The van der Waals surface area contributed by atoms with Crippen LogP contribution in [0.2, 0.25) is 0 Å². The van der Waals surface area contributed by atoms with Crippen molar-refractivity contribution in [3.8, 4) is 0 Å². The standard InChI is InChI=1S/C20H24N2O2/c21-19(23)15-22-13-11-18(12-14-22)20(24,16-7-3-1-4-8-16)17-9-5-2-6-10-17/h1-10,18,24H,11-15H2,(H2,21,23). The SMILES string of the molecule is NC(=O)CN1CCC(C(O)(c2ccccc2)c2ccccc2)CC1. The summed E-state index contributed by atoms with van der Waals surface area (Å²) in [7, 11) is 0. The number of hydrogen-bond donors (Lipinski definition) is 2. The molecule has 126 valence electrons. The van der Waals surface area contributed by atoms with Crippen LogP contribution in [0, 0.1) is 5.92 Å². The lowest BCUT2D eigenvalue weighted by molar-refractivity contribution is -0.119. The van der Waals surface area contributed by atoms with Crippen molar-refractivity contribution in [3.05, 3.63) is 71.8 Å². The molecule has 1 aliphatic rings. The summed E-state index contributed by atoms with van der Waals surface area (Å²) in [6.07, 6.45) is 1.65. The summed E-state index contributed by atoms with van der Waals surface area (Å²) >= 11 is 0. The van der Waals surface area contributed by atoms with Gasteiger partial charge in [0.25, 0.3) is 0 Å². The van der Waals surface area contributed by atoms with Crippen molar-refractivity contribution in [2.24, 2.45) is 11.7 Å². The van der Waals surface area contributed by atoms with E-state index in [1.54, 1.807) is 0 Å². The molecule has 1 saturated heterocycles. The Morgan fingerprint density at radius 3 is 1.88 bits per heavy atom. The van der Waals surface area contributed by atoms with Crippen LogP contribution < -0.4 is 5.73 Å². The van der Waals surface area contributed by atoms with E-state index in [1.807, 2.05) is 60.7 Å². The number of carbonyl (C=O) groups is 1. The molecule has 2 aromatic carbocycles. The van der Waals surface area contributed by atoms with E-state index in [2.05, 4.69) is 4.90 Å². The maximum atomic E-state index is 11.7. The van der Waals surface area contributed by atoms with Crippen molar-refractivity contribution in [1.82, 2.24) is 4.90 Å². The lowest BCUT2D eigenvalue weighted by atomic mass is 9.72. The van der Waals surface area contributed by atoms with E-state index in [0.29, 0.717) is 6.54 Å². The fourth-order valence-electron chi connectivity index (χ4n) is 3.75. The van der Waals surface area contributed by atoms with E-state index in [0.717, 1.165) is 37.1 Å². The van der Waals surface area contributed by atoms with E-state index in [-0.39, 0.29) is 11.8 Å². The molecule has 1 fully saturated rings. The fourth-order valence-corrected chi connectivity index (χ4v) is 3.75. The van der Waals surface area contributed by atoms with Gasteiger partial charge in [-0.05, 0) is 43.0 Å². The highest BCUT2D eigenvalue weighted by Crippen LogP contribution is 2.41. The summed E-state index contributed by atoms with van der Waals surface area (Å²) < 4.78 is 0. The normalized spacial score (nSPS) is 16.9. The largest absolute Gasteiger partial charge is 0.380 e. The van der Waals surface area contributed by atoms with Gasteiger partial charge >= 0.3 is 0 Å². The number of hydrogen-bond acceptors (Lipinski definition) is 3. The van der Waals surface area contributed by atoms with E-state index in [1.165, 1.54) is 0 Å². The van der Waals surface area contributed by atoms with Gasteiger partial charge in [0, 0.05) is 0 Å². The number of benzene rings is 2. The predicted molar refractivity (Wildman–Crippen MR) is 94.2 cm³/mol. The Labute approximate surface area is 142 Å². The predicted octanol–water partition coefficient (Wildman–Crippen LogP) is 2.12. The minimum atomic E-state index is -1.01. The van der Waals surface area contributed by atoms with Gasteiger partial charge in [-0.15, -0.1) is 0 Å². The topological polar surface area (TPSA) is 66.6 Å². The van der Waals surface area contributed by atoms with E-state index >= 15 is 0 Å². The Kier molecular flexibility index (Phi) is 4.97. The lowest BCUT2D eigenvalue weighted by Crippen LogP contribution is -2.46. The summed E-state index contributed by atoms with van der Waals surface area (Å²) in [5, 5.41) is 11.7. The molecule has 0 atom stereocenters. The lowest BCUT2D eigenvalue weighted by Gasteiger charge is -2.42. The van der Waals surface area contributed by atoms with Gasteiger partial charge in [0.05, 0.1) is 6.54 Å². The second-order valence-electron chi connectivity index (χ2n) is 6.52. The summed E-state index contributed by atoms with van der Waals surface area (Å²) in [5.74, 6) is -0.193. The Morgan fingerprint density at radius 2 is 1.46 bits per heavy atom. The van der Waals surface area contributed by atoms with Gasteiger partial charge in [0.15, 0.2) is 0 Å². The van der Waals surface area contributed by atoms with Crippen LogP contribution in [-0.4, -0.2) is 35.5 Å². The van der Waals surface area contributed by atoms with Gasteiger partial charge < -0.3 is 10.8 Å². The minimum Gasteiger partial charge on any atom is -0.380 e. The third-order valence-electron chi connectivity index (χ3n) is 4.99. The van der Waals surface area contributed by atoms with Crippen LogP contribution in [0.15, 0.2) is 60.7 Å². The monoisotopic (exact) mass is 324 g/mol. The fraction of sp³-hybridized carbons (Fsp3) is 0.350. The minimum absolute atomic E-state index is 0.103. The molecule has 4 nitrogen and oxygen atoms in total. The Hall–Kier alpha value is -2.17. The number of likely N-dealkylation sites (tertiary alicyclic amines) is 1. The zero-order chi connectivity index (χ0) is 17.0. The third-order valence-corrected chi connectivity index (χ3v) is 4.99. The highest BCUT2D eigenvalue weighted by atomic mass is 16.3. The van der Waals surface area contributed by atoms with Crippen LogP contribution in [0.5, 0.6) is 0 Å². The van der Waals surface area contributed by atoms with Crippen molar-refractivity contribution in [2.75, 3.05) is 19.6 Å². The zero-order valence-electron chi connectivity index (χ0n) is 13.8. The van der Waals surface area contributed by atoms with Gasteiger partial charge in [-0.1, -0.05) is 60.7 Å². The average Bonchev–Trinajstić information content (AvgIpc) is 2.63. The van der Waals surface area contributed by atoms with Crippen LogP contribution in [0.1, 0.15) is 24.0 Å². The molecule has 1 amide bonds. The van der Waals surface area contributed by atoms with Crippen molar-refractivity contribution >= 4 is 5.91 Å². The van der Waals surface area contributed by atoms with Crippen LogP contribution >= 0.6 is 0 Å². The highest BCUT2D eigenvalue weighted by molar-refractivity contribution is 5.75. The number of nitrogens with zero attached hydrogens (tertiary/aromatic N) is 1. The smallest absolute Gasteiger partial charge is 0.231 e. The number of primary amides is 1. The number of carbonyl (C=O) groups excluding carboxylic acids is 1. The number of piperidine rings is 1. The Bertz CT molecular complexity index is 625. The molecule has 0 bridgehead atoms. The van der Waals surface area contributed by atoms with Gasteiger partial charge in [0.2, 0.25) is 5.91 Å². The molecule has 3 N–H and O–H groups in total. The van der Waals surface area contributed by atoms with Crippen molar-refractivity contribution in [2.45, 2.75) is 18.4 Å². The van der Waals surface area contributed by atoms with E-state index < -0.39 is 5.60 Å². The Balaban J connectivity index is 1.89. The maximum absolute atomic E-state index is 11.7. The van der Waals surface area contributed by atoms with E-state index in [4.69, 9.17) is 5.73 Å². The molecule has 0 spiro atoms. The molecule has 3 rings (SSSR count). The molecule has 0 aromatic heterocycles.